The highest BCUT2D eigenvalue weighted by molar-refractivity contribution is 7.13. The summed E-state index contributed by atoms with van der Waals surface area (Å²) in [5.74, 6) is 0.232. The molecule has 1 aliphatic heterocycles. The van der Waals surface area contributed by atoms with Crippen molar-refractivity contribution in [1.82, 2.24) is 19.9 Å². The number of likely N-dealkylation sites (tertiary alicyclic amines) is 1. The fraction of sp³-hybridized carbons (Fsp3) is 0.300. The van der Waals surface area contributed by atoms with E-state index in [0.717, 1.165) is 30.8 Å². The molecule has 0 bridgehead atoms. The second kappa shape index (κ2) is 8.54. The summed E-state index contributed by atoms with van der Waals surface area (Å²) >= 11 is 1.40. The van der Waals surface area contributed by atoms with Gasteiger partial charge in [0, 0.05) is 29.6 Å². The number of aromatic amines is 1. The van der Waals surface area contributed by atoms with E-state index in [4.69, 9.17) is 10.7 Å². The highest BCUT2D eigenvalue weighted by atomic mass is 32.1. The van der Waals surface area contributed by atoms with E-state index < -0.39 is 5.91 Å². The molecule has 29 heavy (non-hydrogen) atoms. The zero-order chi connectivity index (χ0) is 20.2. The Morgan fingerprint density at radius 1 is 1.31 bits per heavy atom. The molecule has 1 aromatic carbocycles. The summed E-state index contributed by atoms with van der Waals surface area (Å²) < 4.78 is 0. The maximum absolute atomic E-state index is 12.3. The summed E-state index contributed by atoms with van der Waals surface area (Å²) in [5, 5.41) is 5.24. The Morgan fingerprint density at radius 3 is 2.86 bits per heavy atom. The number of nitrogens with two attached hydrogens (primary N) is 1. The van der Waals surface area contributed by atoms with Crippen LogP contribution >= 0.6 is 11.3 Å². The first kappa shape index (κ1) is 19.3. The third-order valence-electron chi connectivity index (χ3n) is 4.95. The van der Waals surface area contributed by atoms with Crippen molar-refractivity contribution < 1.29 is 9.59 Å². The molecule has 1 atom stereocenters. The van der Waals surface area contributed by atoms with Gasteiger partial charge in [-0.2, -0.15) is 0 Å². The van der Waals surface area contributed by atoms with E-state index in [1.807, 2.05) is 35.7 Å². The topological polar surface area (TPSA) is 117 Å². The Kier molecular flexibility index (Phi) is 5.68. The summed E-state index contributed by atoms with van der Waals surface area (Å²) in [6.07, 6.45) is 3.54. The fourth-order valence-corrected chi connectivity index (χ4v) is 4.18. The van der Waals surface area contributed by atoms with E-state index in [1.165, 1.54) is 11.3 Å². The van der Waals surface area contributed by atoms with Gasteiger partial charge in [-0.1, -0.05) is 30.3 Å². The van der Waals surface area contributed by atoms with Crippen molar-refractivity contribution in [2.24, 2.45) is 5.73 Å². The van der Waals surface area contributed by atoms with E-state index in [-0.39, 0.29) is 11.8 Å². The number of carbonyl (C=O) groups is 2. The summed E-state index contributed by atoms with van der Waals surface area (Å²) in [6.45, 7) is 1.83. The number of piperidine rings is 1. The summed E-state index contributed by atoms with van der Waals surface area (Å²) in [4.78, 5) is 38.2. The lowest BCUT2D eigenvalue weighted by Gasteiger charge is -2.31. The van der Waals surface area contributed by atoms with Crippen molar-refractivity contribution in [2.75, 3.05) is 25.0 Å². The molecular weight excluding hydrogens is 388 g/mol. The van der Waals surface area contributed by atoms with Crippen molar-refractivity contribution in [3.8, 4) is 11.3 Å². The number of carbonyl (C=O) groups excluding carboxylic acids is 2. The average molecular weight is 411 g/mol. The average Bonchev–Trinajstić information content (AvgIpc) is 3.39. The predicted molar refractivity (Wildman–Crippen MR) is 112 cm³/mol. The minimum absolute atomic E-state index is 0.0807. The van der Waals surface area contributed by atoms with Gasteiger partial charge in [0.2, 0.25) is 5.91 Å². The minimum Gasteiger partial charge on any atom is -0.364 e. The van der Waals surface area contributed by atoms with E-state index in [2.05, 4.69) is 20.2 Å². The van der Waals surface area contributed by atoms with Crippen LogP contribution in [0.4, 0.5) is 5.13 Å². The lowest BCUT2D eigenvalue weighted by molar-refractivity contribution is -0.117. The largest absolute Gasteiger partial charge is 0.364 e. The Labute approximate surface area is 172 Å². The first-order valence-electron chi connectivity index (χ1n) is 9.47. The quantitative estimate of drug-likeness (QED) is 0.577. The number of benzene rings is 1. The number of imidazole rings is 1. The highest BCUT2D eigenvalue weighted by Crippen LogP contribution is 2.29. The number of primary amides is 1. The molecule has 0 spiro atoms. The monoisotopic (exact) mass is 410 g/mol. The molecule has 0 radical (unpaired) electrons. The van der Waals surface area contributed by atoms with Gasteiger partial charge in [-0.15, -0.1) is 11.3 Å². The second-order valence-corrected chi connectivity index (χ2v) is 7.93. The maximum atomic E-state index is 12.3. The molecule has 0 saturated carbocycles. The summed E-state index contributed by atoms with van der Waals surface area (Å²) in [6, 6.07) is 9.53. The Hall–Kier alpha value is -3.04. The molecule has 2 aromatic heterocycles. The van der Waals surface area contributed by atoms with Crippen molar-refractivity contribution >= 4 is 28.3 Å². The molecule has 2 amide bonds. The third-order valence-corrected chi connectivity index (χ3v) is 5.64. The van der Waals surface area contributed by atoms with Gasteiger partial charge in [-0.05, 0) is 19.4 Å². The summed E-state index contributed by atoms with van der Waals surface area (Å²) in [5.41, 5.74) is 7.32. The van der Waals surface area contributed by atoms with Gasteiger partial charge in [0.1, 0.15) is 17.2 Å². The van der Waals surface area contributed by atoms with E-state index in [0.29, 0.717) is 29.6 Å². The van der Waals surface area contributed by atoms with Crippen LogP contribution in [-0.4, -0.2) is 51.3 Å². The van der Waals surface area contributed by atoms with Gasteiger partial charge in [-0.25, -0.2) is 9.97 Å². The van der Waals surface area contributed by atoms with Crippen molar-refractivity contribution in [3.63, 3.8) is 0 Å². The second-order valence-electron chi connectivity index (χ2n) is 7.04. The molecule has 3 aromatic rings. The predicted octanol–water partition coefficient (Wildman–Crippen LogP) is 2.45. The standard InChI is InChI=1S/C20H22N6O2S/c21-18(28)17-16(13-5-2-1-3-6-13)24-19(25-17)14-7-4-9-26(11-14)12-15(27)23-20-22-8-10-29-20/h1-3,5-6,8,10,14H,4,7,9,11-12H2,(H2,21,28)(H,24,25)(H,22,23,27)/t14-/m1/s1. The molecule has 3 heterocycles. The Bertz CT molecular complexity index is 986. The Balaban J connectivity index is 1.48. The number of nitrogens with one attached hydrogen (secondary N) is 2. The van der Waals surface area contributed by atoms with Crippen LogP contribution in [-0.2, 0) is 4.79 Å². The van der Waals surface area contributed by atoms with Crippen LogP contribution in [0.2, 0.25) is 0 Å². The van der Waals surface area contributed by atoms with E-state index in [1.54, 1.807) is 6.20 Å². The van der Waals surface area contributed by atoms with Crippen molar-refractivity contribution in [2.45, 2.75) is 18.8 Å². The lowest BCUT2D eigenvalue weighted by Crippen LogP contribution is -2.40. The normalized spacial score (nSPS) is 17.2. The van der Waals surface area contributed by atoms with Crippen LogP contribution in [0.5, 0.6) is 0 Å². The van der Waals surface area contributed by atoms with Crippen LogP contribution in [0.15, 0.2) is 41.9 Å². The third kappa shape index (κ3) is 4.52. The molecular formula is C20H22N6O2S. The number of H-pyrrole nitrogens is 1. The highest BCUT2D eigenvalue weighted by Gasteiger charge is 2.27. The number of rotatable bonds is 6. The van der Waals surface area contributed by atoms with E-state index >= 15 is 0 Å². The SMILES string of the molecule is NC(=O)c1[nH]c([C@@H]2CCCN(CC(=O)Nc3nccs3)C2)nc1-c1ccccc1. The smallest absolute Gasteiger partial charge is 0.267 e. The number of amides is 2. The first-order chi connectivity index (χ1) is 14.1. The van der Waals surface area contributed by atoms with Gasteiger partial charge in [0.25, 0.3) is 5.91 Å². The molecule has 1 saturated heterocycles. The van der Waals surface area contributed by atoms with Gasteiger partial charge >= 0.3 is 0 Å². The first-order valence-corrected chi connectivity index (χ1v) is 10.3. The fourth-order valence-electron chi connectivity index (χ4n) is 3.64. The van der Waals surface area contributed by atoms with Crippen LogP contribution in [0.3, 0.4) is 0 Å². The number of anilines is 1. The van der Waals surface area contributed by atoms with Crippen molar-refractivity contribution in [1.29, 1.82) is 0 Å². The molecule has 9 heteroatoms. The number of hydrogen-bond acceptors (Lipinski definition) is 6. The minimum atomic E-state index is -0.530. The molecule has 150 valence electrons. The molecule has 4 N–H and O–H groups in total. The van der Waals surface area contributed by atoms with Gasteiger partial charge < -0.3 is 16.0 Å². The van der Waals surface area contributed by atoms with Crippen LogP contribution in [0, 0.1) is 0 Å². The van der Waals surface area contributed by atoms with Gasteiger partial charge in [-0.3, -0.25) is 14.5 Å². The van der Waals surface area contributed by atoms with Crippen LogP contribution in [0.25, 0.3) is 11.3 Å². The van der Waals surface area contributed by atoms with Crippen molar-refractivity contribution in [3.05, 3.63) is 53.4 Å². The molecule has 4 rings (SSSR count). The molecule has 1 aliphatic rings. The lowest BCUT2D eigenvalue weighted by atomic mass is 9.97. The molecule has 0 unspecified atom stereocenters. The zero-order valence-electron chi connectivity index (χ0n) is 15.8. The molecule has 0 aliphatic carbocycles. The summed E-state index contributed by atoms with van der Waals surface area (Å²) in [7, 11) is 0. The number of aromatic nitrogens is 3. The Morgan fingerprint density at radius 2 is 2.14 bits per heavy atom. The number of nitrogens with zero attached hydrogens (tertiary/aromatic N) is 3. The molecule has 1 fully saturated rings. The zero-order valence-corrected chi connectivity index (χ0v) is 16.6. The number of thiazole rings is 1. The molecule has 8 nitrogen and oxygen atoms in total. The van der Waals surface area contributed by atoms with Gasteiger partial charge in [0.05, 0.1) is 6.54 Å². The maximum Gasteiger partial charge on any atom is 0.267 e. The number of hydrogen-bond donors (Lipinski definition) is 3. The van der Waals surface area contributed by atoms with Crippen LogP contribution < -0.4 is 11.1 Å². The van der Waals surface area contributed by atoms with Gasteiger partial charge in [0.15, 0.2) is 5.13 Å². The van der Waals surface area contributed by atoms with Crippen LogP contribution in [0.1, 0.15) is 35.1 Å². The van der Waals surface area contributed by atoms with E-state index in [9.17, 15) is 9.59 Å².